The summed E-state index contributed by atoms with van der Waals surface area (Å²) in [6.45, 7) is 6.79. The lowest BCUT2D eigenvalue weighted by Gasteiger charge is -2.30. The SMILES string of the molecule is CC(C)CNCC1(c2cccc(Br)c2)CCCC1. The number of hydrogen-bond donors (Lipinski definition) is 1. The van der Waals surface area contributed by atoms with E-state index in [0.29, 0.717) is 5.41 Å². The van der Waals surface area contributed by atoms with Gasteiger partial charge in [0.15, 0.2) is 0 Å². The van der Waals surface area contributed by atoms with Crippen LogP contribution in [0.2, 0.25) is 0 Å². The molecule has 0 heterocycles. The molecule has 0 bridgehead atoms. The van der Waals surface area contributed by atoms with E-state index in [2.05, 4.69) is 59.4 Å². The summed E-state index contributed by atoms with van der Waals surface area (Å²) in [5, 5.41) is 3.67. The third-order valence-corrected chi connectivity index (χ3v) is 4.51. The highest BCUT2D eigenvalue weighted by molar-refractivity contribution is 9.10. The van der Waals surface area contributed by atoms with Crippen molar-refractivity contribution in [1.82, 2.24) is 5.32 Å². The lowest BCUT2D eigenvalue weighted by Crippen LogP contribution is -2.37. The van der Waals surface area contributed by atoms with E-state index in [1.165, 1.54) is 35.7 Å². The summed E-state index contributed by atoms with van der Waals surface area (Å²) < 4.78 is 1.20. The first-order valence-corrected chi connectivity index (χ1v) is 7.88. The second-order valence-electron chi connectivity index (χ2n) is 6.02. The normalized spacial score (nSPS) is 18.4. The van der Waals surface area contributed by atoms with E-state index in [1.54, 1.807) is 0 Å². The van der Waals surface area contributed by atoms with Gasteiger partial charge in [-0.05, 0) is 43.0 Å². The summed E-state index contributed by atoms with van der Waals surface area (Å²) in [6, 6.07) is 8.89. The molecule has 2 rings (SSSR count). The average Bonchev–Trinajstić information content (AvgIpc) is 2.78. The maximum absolute atomic E-state index is 3.67. The first-order valence-electron chi connectivity index (χ1n) is 7.09. The van der Waals surface area contributed by atoms with Crippen LogP contribution in [0.25, 0.3) is 0 Å². The summed E-state index contributed by atoms with van der Waals surface area (Å²) in [6.07, 6.45) is 5.40. The fourth-order valence-corrected chi connectivity index (χ4v) is 3.44. The fraction of sp³-hybridized carbons (Fsp3) is 0.625. The van der Waals surface area contributed by atoms with Crippen LogP contribution in [0.15, 0.2) is 28.7 Å². The Hall–Kier alpha value is -0.340. The van der Waals surface area contributed by atoms with Crippen LogP contribution >= 0.6 is 15.9 Å². The second kappa shape index (κ2) is 6.21. The predicted octanol–water partition coefficient (Wildman–Crippen LogP) is 4.51. The molecule has 1 aromatic rings. The van der Waals surface area contributed by atoms with Gasteiger partial charge in [-0.25, -0.2) is 0 Å². The van der Waals surface area contributed by atoms with Gasteiger partial charge in [-0.15, -0.1) is 0 Å². The third-order valence-electron chi connectivity index (χ3n) is 4.01. The molecule has 1 N–H and O–H groups in total. The van der Waals surface area contributed by atoms with E-state index in [9.17, 15) is 0 Å². The van der Waals surface area contributed by atoms with Gasteiger partial charge in [0, 0.05) is 16.4 Å². The van der Waals surface area contributed by atoms with Crippen LogP contribution in [0.3, 0.4) is 0 Å². The Kier molecular flexibility index (Phi) is 4.85. The van der Waals surface area contributed by atoms with E-state index in [0.717, 1.165) is 19.0 Å². The van der Waals surface area contributed by atoms with E-state index in [1.807, 2.05) is 0 Å². The van der Waals surface area contributed by atoms with Crippen molar-refractivity contribution in [2.24, 2.45) is 5.92 Å². The van der Waals surface area contributed by atoms with E-state index in [4.69, 9.17) is 0 Å². The lowest BCUT2D eigenvalue weighted by molar-refractivity contribution is 0.391. The topological polar surface area (TPSA) is 12.0 Å². The van der Waals surface area contributed by atoms with Crippen molar-refractivity contribution < 1.29 is 0 Å². The molecule has 1 aromatic carbocycles. The molecule has 18 heavy (non-hydrogen) atoms. The van der Waals surface area contributed by atoms with Gasteiger partial charge in [0.25, 0.3) is 0 Å². The molecule has 0 aliphatic heterocycles. The molecule has 1 aliphatic carbocycles. The van der Waals surface area contributed by atoms with Gasteiger partial charge in [-0.3, -0.25) is 0 Å². The minimum Gasteiger partial charge on any atom is -0.316 e. The number of halogens is 1. The molecular weight excluding hydrogens is 286 g/mol. The quantitative estimate of drug-likeness (QED) is 0.844. The third kappa shape index (κ3) is 3.36. The molecule has 0 saturated heterocycles. The van der Waals surface area contributed by atoms with E-state index in [-0.39, 0.29) is 0 Å². The van der Waals surface area contributed by atoms with E-state index < -0.39 is 0 Å². The lowest BCUT2D eigenvalue weighted by atomic mass is 9.79. The smallest absolute Gasteiger partial charge is 0.0178 e. The highest BCUT2D eigenvalue weighted by Gasteiger charge is 2.35. The van der Waals surface area contributed by atoms with Crippen LogP contribution in [0.5, 0.6) is 0 Å². The number of hydrogen-bond acceptors (Lipinski definition) is 1. The van der Waals surface area contributed by atoms with Crippen molar-refractivity contribution in [2.45, 2.75) is 44.9 Å². The van der Waals surface area contributed by atoms with Gasteiger partial charge in [-0.1, -0.05) is 54.8 Å². The second-order valence-corrected chi connectivity index (χ2v) is 6.94. The van der Waals surface area contributed by atoms with E-state index >= 15 is 0 Å². The summed E-state index contributed by atoms with van der Waals surface area (Å²) in [7, 11) is 0. The number of benzene rings is 1. The summed E-state index contributed by atoms with van der Waals surface area (Å²) >= 11 is 3.60. The number of nitrogens with one attached hydrogen (secondary N) is 1. The molecule has 0 aromatic heterocycles. The van der Waals surface area contributed by atoms with Gasteiger partial charge in [0.05, 0.1) is 0 Å². The molecule has 100 valence electrons. The molecular formula is C16H24BrN. The van der Waals surface area contributed by atoms with Crippen LogP contribution in [-0.2, 0) is 5.41 Å². The molecule has 1 saturated carbocycles. The molecule has 2 heteroatoms. The molecule has 0 spiro atoms. The standard InChI is InChI=1S/C16H24BrN/c1-13(2)11-18-12-16(8-3-4-9-16)14-6-5-7-15(17)10-14/h5-7,10,13,18H,3-4,8-9,11-12H2,1-2H3. The Labute approximate surface area is 119 Å². The first kappa shape index (κ1) is 14.1. The Balaban J connectivity index is 2.11. The van der Waals surface area contributed by atoms with Gasteiger partial charge in [-0.2, -0.15) is 0 Å². The van der Waals surface area contributed by atoms with Gasteiger partial charge in [0.1, 0.15) is 0 Å². The summed E-state index contributed by atoms with van der Waals surface area (Å²) in [5.41, 5.74) is 1.88. The molecule has 1 nitrogen and oxygen atoms in total. The number of rotatable bonds is 5. The van der Waals surface area contributed by atoms with Crippen molar-refractivity contribution in [3.05, 3.63) is 34.3 Å². The van der Waals surface area contributed by atoms with Gasteiger partial charge < -0.3 is 5.32 Å². The van der Waals surface area contributed by atoms with Crippen molar-refractivity contribution in [1.29, 1.82) is 0 Å². The minimum absolute atomic E-state index is 0.374. The zero-order valence-corrected chi connectivity index (χ0v) is 13.1. The Morgan fingerprint density at radius 2 is 2.00 bits per heavy atom. The van der Waals surface area contributed by atoms with Gasteiger partial charge in [0.2, 0.25) is 0 Å². The monoisotopic (exact) mass is 309 g/mol. The first-order chi connectivity index (χ1) is 8.62. The molecule has 1 fully saturated rings. The summed E-state index contributed by atoms with van der Waals surface area (Å²) in [4.78, 5) is 0. The van der Waals surface area contributed by atoms with Crippen LogP contribution in [0, 0.1) is 5.92 Å². The predicted molar refractivity (Wildman–Crippen MR) is 82.0 cm³/mol. The van der Waals surface area contributed by atoms with Crippen LogP contribution < -0.4 is 5.32 Å². The van der Waals surface area contributed by atoms with Gasteiger partial charge >= 0.3 is 0 Å². The van der Waals surface area contributed by atoms with Crippen LogP contribution in [0.1, 0.15) is 45.1 Å². The summed E-state index contributed by atoms with van der Waals surface area (Å²) in [5.74, 6) is 0.728. The Morgan fingerprint density at radius 1 is 1.28 bits per heavy atom. The van der Waals surface area contributed by atoms with Crippen molar-refractivity contribution in [3.8, 4) is 0 Å². The maximum Gasteiger partial charge on any atom is 0.0178 e. The highest BCUT2D eigenvalue weighted by Crippen LogP contribution is 2.41. The van der Waals surface area contributed by atoms with Crippen molar-refractivity contribution in [3.63, 3.8) is 0 Å². The molecule has 0 unspecified atom stereocenters. The Morgan fingerprint density at radius 3 is 2.61 bits per heavy atom. The van der Waals surface area contributed by atoms with Crippen LogP contribution in [0.4, 0.5) is 0 Å². The fourth-order valence-electron chi connectivity index (χ4n) is 3.04. The maximum atomic E-state index is 3.67. The van der Waals surface area contributed by atoms with Crippen molar-refractivity contribution in [2.75, 3.05) is 13.1 Å². The largest absolute Gasteiger partial charge is 0.316 e. The molecule has 0 atom stereocenters. The minimum atomic E-state index is 0.374. The van der Waals surface area contributed by atoms with Crippen LogP contribution in [-0.4, -0.2) is 13.1 Å². The molecule has 1 aliphatic rings. The molecule has 0 radical (unpaired) electrons. The van der Waals surface area contributed by atoms with Crippen molar-refractivity contribution >= 4 is 15.9 Å². The highest BCUT2D eigenvalue weighted by atomic mass is 79.9. The molecule has 0 amide bonds. The zero-order chi connectivity index (χ0) is 13.0. The Bertz CT molecular complexity index is 380. The average molecular weight is 310 g/mol. The zero-order valence-electron chi connectivity index (χ0n) is 11.5.